The third kappa shape index (κ3) is 13.7. The number of aliphatic carboxylic acids is 1. The van der Waals surface area contributed by atoms with Gasteiger partial charge in [0.2, 0.25) is 5.95 Å². The molecule has 3 aromatic heterocycles. The minimum Gasteiger partial charge on any atom is -0.496 e. The third-order valence-electron chi connectivity index (χ3n) is 9.08. The number of hydrogen-bond donors (Lipinski definition) is 1. The molecule has 1 aliphatic heterocycles. The van der Waals surface area contributed by atoms with Crippen LogP contribution >= 0.6 is 23.2 Å². The van der Waals surface area contributed by atoms with Gasteiger partial charge in [-0.05, 0) is 83.2 Å². The number of imidazole rings is 1. The predicted molar refractivity (Wildman–Crippen MR) is 241 cm³/mol. The molecule has 0 atom stereocenters. The fraction of sp³-hybridized carbons (Fsp3) is 0.128. The number of aliphatic imine (C=N–C) groups is 1. The molecule has 0 spiro atoms. The summed E-state index contributed by atoms with van der Waals surface area (Å²) < 4.78 is 61.1. The number of ether oxygens (including phenoxy) is 2. The summed E-state index contributed by atoms with van der Waals surface area (Å²) in [6.07, 6.45) is 12.8. The van der Waals surface area contributed by atoms with E-state index in [1.165, 1.54) is 32.7 Å². The van der Waals surface area contributed by atoms with Crippen molar-refractivity contribution in [1.29, 1.82) is 1.34 Å². The predicted octanol–water partition coefficient (Wildman–Crippen LogP) is 11.0. The maximum atomic E-state index is 15.4. The van der Waals surface area contributed by atoms with Crippen LogP contribution in [-0.4, -0.2) is 60.2 Å². The van der Waals surface area contributed by atoms with Crippen LogP contribution in [0.15, 0.2) is 145 Å². The number of carboxylic acids is 1. The van der Waals surface area contributed by atoms with E-state index in [4.69, 9.17) is 39.1 Å². The standard InChI is InChI=1S/C22H17ClFN3O.C19H14ClF2NO.C5H5NO2.CH4.BH.U/c1-28-19-7-6-17(22(24)21(19)16-3-2-4-18(23)12-16)11-15-5-8-20(26-13-15)27-10-9-25-14-27;1-24-16-7-6-14(9-12-5-8-17(21)23-11-12)19(22)18(16)13-3-2-4-15(20)10-13;7-5(8)4-2-1-3-6-4;;;/h2-10,12-14H,11H2,1H3;2-8,10-11H,9H2,1H3;1,3H,2H2,(H,7,8);1H4;1H;/i;;;;1D;. The van der Waals surface area contributed by atoms with Crippen molar-refractivity contribution in [1.82, 2.24) is 19.5 Å². The molecule has 0 saturated heterocycles. The van der Waals surface area contributed by atoms with Crippen LogP contribution in [0.3, 0.4) is 0 Å². The number of pyridine rings is 2. The van der Waals surface area contributed by atoms with Gasteiger partial charge in [-0.3, -0.25) is 9.56 Å². The molecule has 0 bridgehead atoms. The molecule has 0 aliphatic carbocycles. The molecule has 4 heterocycles. The van der Waals surface area contributed by atoms with Gasteiger partial charge in [-0.1, -0.05) is 85.2 Å². The second-order valence-corrected chi connectivity index (χ2v) is 13.9. The van der Waals surface area contributed by atoms with Crippen LogP contribution in [0.5, 0.6) is 11.5 Å². The first-order chi connectivity index (χ1) is 30.0. The number of carboxylic acid groups (broad SMARTS) is 1. The topological polar surface area (TPSA) is 112 Å². The van der Waals surface area contributed by atoms with Crippen LogP contribution < -0.4 is 9.47 Å². The Kier molecular flexibility index (Phi) is 19.7. The van der Waals surface area contributed by atoms with Crippen molar-refractivity contribution in [3.8, 4) is 39.6 Å². The van der Waals surface area contributed by atoms with Gasteiger partial charge < -0.3 is 14.6 Å². The SMILES string of the molecule is C.COc1ccc(Cc2ccc(-n3ccnc3)nc2)c(F)c1-c1cccc(Cl)c1.COc1ccc(Cc2ccc(F)nc2)c(F)c1-c1cccc(Cl)c1.O=C(O)C1=NC=CC1.[2H][B].[U]. The van der Waals surface area contributed by atoms with Crippen LogP contribution in [-0.2, 0) is 17.6 Å². The molecular formula is C47H41BCl2F3N5O4U. The average Bonchev–Trinajstić information content (AvgIpc) is 4.04. The molecule has 2 radical (unpaired) electrons. The second kappa shape index (κ2) is 24.9. The van der Waals surface area contributed by atoms with E-state index < -0.39 is 11.9 Å². The number of rotatable bonds is 10. The first-order valence-electron chi connectivity index (χ1n) is 18.8. The van der Waals surface area contributed by atoms with Crippen molar-refractivity contribution >= 4 is 43.3 Å². The Hall–Kier alpha value is -5.64. The molecule has 0 unspecified atom stereocenters. The molecule has 0 saturated carbocycles. The Morgan fingerprint density at radius 3 is 1.71 bits per heavy atom. The molecule has 9 nitrogen and oxygen atoms in total. The third-order valence-corrected chi connectivity index (χ3v) is 9.55. The quantitative estimate of drug-likeness (QED) is 0.107. The zero-order valence-corrected chi connectivity index (χ0v) is 39.0. The summed E-state index contributed by atoms with van der Waals surface area (Å²) in [4.78, 5) is 25.6. The van der Waals surface area contributed by atoms with Gasteiger partial charge in [0, 0.05) is 99.8 Å². The van der Waals surface area contributed by atoms with Crippen molar-refractivity contribution in [2.45, 2.75) is 26.7 Å². The molecule has 0 fully saturated rings. The minimum atomic E-state index is -0.921. The zero-order chi connectivity index (χ0) is 44.6. The van der Waals surface area contributed by atoms with Crippen molar-refractivity contribution in [3.63, 3.8) is 0 Å². The number of carbonyl (C=O) groups is 1. The molecule has 1 aliphatic rings. The van der Waals surface area contributed by atoms with Gasteiger partial charge in [0.25, 0.3) is 0 Å². The van der Waals surface area contributed by atoms with Crippen molar-refractivity contribution < 1.29 is 63.7 Å². The average molecular weight is 1120 g/mol. The molecule has 4 aromatic carbocycles. The summed E-state index contributed by atoms with van der Waals surface area (Å²) in [6.45, 7) is 0. The molecule has 63 heavy (non-hydrogen) atoms. The van der Waals surface area contributed by atoms with E-state index in [2.05, 4.69) is 28.3 Å². The van der Waals surface area contributed by atoms with E-state index in [0.29, 0.717) is 74.2 Å². The fourth-order valence-electron chi connectivity index (χ4n) is 6.16. The minimum absolute atomic E-state index is 0. The van der Waals surface area contributed by atoms with Crippen LogP contribution in [0.4, 0.5) is 13.2 Å². The summed E-state index contributed by atoms with van der Waals surface area (Å²) in [5, 5.41) is 9.30. The molecule has 0 amide bonds. The largest absolute Gasteiger partial charge is 0.496 e. The van der Waals surface area contributed by atoms with Gasteiger partial charge in [-0.25, -0.2) is 28.5 Å². The summed E-state index contributed by atoms with van der Waals surface area (Å²) in [5.74, 6) is -0.534. The number of allylic oxidation sites excluding steroid dienone is 1. The second-order valence-electron chi connectivity index (χ2n) is 13.1. The van der Waals surface area contributed by atoms with Crippen molar-refractivity contribution in [2.24, 2.45) is 4.99 Å². The Balaban J connectivity index is 0.000000276. The normalized spacial score (nSPS) is 11.0. The first kappa shape index (κ1) is 50.0. The van der Waals surface area contributed by atoms with Crippen LogP contribution in [0, 0.1) is 48.7 Å². The Bertz CT molecular complexity index is 2660. The zero-order valence-electron chi connectivity index (χ0n) is 34.3. The smallest absolute Gasteiger partial charge is 0.350 e. The van der Waals surface area contributed by atoms with Crippen LogP contribution in [0.1, 0.15) is 36.1 Å². The van der Waals surface area contributed by atoms with E-state index in [9.17, 15) is 9.18 Å². The maximum Gasteiger partial charge on any atom is 0.350 e. The Morgan fingerprint density at radius 1 is 0.794 bits per heavy atom. The molecule has 7 aromatic rings. The summed E-state index contributed by atoms with van der Waals surface area (Å²) in [6, 6.07) is 27.6. The number of hydrogen-bond acceptors (Lipinski definition) is 7. The van der Waals surface area contributed by atoms with Crippen LogP contribution in [0.2, 0.25) is 10.0 Å². The molecule has 16 heteroatoms. The van der Waals surface area contributed by atoms with Gasteiger partial charge in [0.1, 0.15) is 41.0 Å². The molecule has 8 rings (SSSR count). The number of methoxy groups -OCH3 is 2. The summed E-state index contributed by atoms with van der Waals surface area (Å²) >= 11 is 12.1. The van der Waals surface area contributed by atoms with Gasteiger partial charge in [-0.2, -0.15) is 4.39 Å². The maximum absolute atomic E-state index is 15.4. The first-order valence-corrected chi connectivity index (χ1v) is 19.0. The number of nitrogens with zero attached hydrogens (tertiary/aromatic N) is 5. The van der Waals surface area contributed by atoms with E-state index in [-0.39, 0.29) is 55.9 Å². The number of aromatic nitrogens is 4. The Labute approximate surface area is 401 Å². The van der Waals surface area contributed by atoms with Crippen LogP contribution in [0.25, 0.3) is 28.1 Å². The van der Waals surface area contributed by atoms with Gasteiger partial charge in [0.05, 0.1) is 25.3 Å². The van der Waals surface area contributed by atoms with Crippen molar-refractivity contribution in [2.75, 3.05) is 14.2 Å². The molecular weight excluding hydrogens is 1080 g/mol. The van der Waals surface area contributed by atoms with Gasteiger partial charge in [-0.15, -0.1) is 0 Å². The van der Waals surface area contributed by atoms with Gasteiger partial charge in [0.15, 0.2) is 0 Å². The monoisotopic (exact) mass is 1120 g/mol. The molecule has 1 N–H and O–H groups in total. The fourth-order valence-corrected chi connectivity index (χ4v) is 6.54. The Morgan fingerprint density at radius 2 is 1.33 bits per heavy atom. The van der Waals surface area contributed by atoms with E-state index in [1.807, 2.05) is 29.0 Å². The van der Waals surface area contributed by atoms with Gasteiger partial charge >= 0.3 is 5.97 Å². The number of benzene rings is 4. The summed E-state index contributed by atoms with van der Waals surface area (Å²) in [5.41, 5.74) is 4.96. The van der Waals surface area contributed by atoms with E-state index in [0.717, 1.165) is 16.9 Å². The van der Waals surface area contributed by atoms with E-state index in [1.54, 1.807) is 97.6 Å². The summed E-state index contributed by atoms with van der Waals surface area (Å²) in [7, 11) is 6.77. The molecule has 320 valence electrons. The number of halogens is 5. The van der Waals surface area contributed by atoms with Crippen molar-refractivity contribution in [3.05, 3.63) is 190 Å². The van der Waals surface area contributed by atoms with E-state index >= 15 is 8.78 Å².